The fraction of sp³-hybridized carbons (Fsp3) is 0.118. The fourth-order valence-corrected chi connectivity index (χ4v) is 2.80. The smallest absolute Gasteiger partial charge is 0.227 e. The maximum Gasteiger partial charge on any atom is 0.227 e. The molecule has 3 rings (SSSR count). The zero-order valence-corrected chi connectivity index (χ0v) is 13.1. The molecule has 1 heterocycles. The molecule has 0 amide bonds. The van der Waals surface area contributed by atoms with Crippen molar-refractivity contribution in [3.8, 4) is 11.6 Å². The van der Waals surface area contributed by atoms with Crippen LogP contribution in [0.1, 0.15) is 11.1 Å². The highest BCUT2D eigenvalue weighted by molar-refractivity contribution is 9.10. The van der Waals surface area contributed by atoms with Gasteiger partial charge in [-0.1, -0.05) is 24.3 Å². The molecule has 1 N–H and O–H groups in total. The van der Waals surface area contributed by atoms with E-state index in [0.29, 0.717) is 5.88 Å². The molecule has 21 heavy (non-hydrogen) atoms. The molecule has 0 unspecified atom stereocenters. The van der Waals surface area contributed by atoms with Gasteiger partial charge in [-0.25, -0.2) is 4.98 Å². The second-order valence-electron chi connectivity index (χ2n) is 4.83. The number of aromatic nitrogens is 1. The Morgan fingerprint density at radius 3 is 2.62 bits per heavy atom. The molecule has 0 aliphatic rings. The first-order valence-corrected chi connectivity index (χ1v) is 7.40. The van der Waals surface area contributed by atoms with Crippen LogP contribution in [0.5, 0.6) is 11.6 Å². The summed E-state index contributed by atoms with van der Waals surface area (Å²) in [6.07, 6.45) is 1.65. The molecule has 3 nitrogen and oxygen atoms in total. The van der Waals surface area contributed by atoms with E-state index in [2.05, 4.69) is 20.9 Å². The largest absolute Gasteiger partial charge is 0.437 e. The molecule has 0 bridgehead atoms. The minimum Gasteiger partial charge on any atom is -0.437 e. The van der Waals surface area contributed by atoms with Gasteiger partial charge < -0.3 is 9.84 Å². The predicted octanol–water partition coefficient (Wildman–Crippen LogP) is 4.59. The SMILES string of the molecule is Cc1ccc(Oc2ncc(CO)c3ccccc23)c(Br)c1. The molecule has 0 spiro atoms. The lowest BCUT2D eigenvalue weighted by Crippen LogP contribution is -1.94. The number of benzene rings is 2. The van der Waals surface area contributed by atoms with Crippen molar-refractivity contribution in [2.45, 2.75) is 13.5 Å². The minimum atomic E-state index is -0.0397. The second-order valence-corrected chi connectivity index (χ2v) is 5.68. The van der Waals surface area contributed by atoms with Gasteiger partial charge in [-0.3, -0.25) is 0 Å². The van der Waals surface area contributed by atoms with Crippen molar-refractivity contribution in [3.05, 3.63) is 64.3 Å². The van der Waals surface area contributed by atoms with Gasteiger partial charge in [0.1, 0.15) is 5.75 Å². The first kappa shape index (κ1) is 14.0. The Labute approximate surface area is 131 Å². The number of pyridine rings is 1. The number of hydrogen-bond donors (Lipinski definition) is 1. The topological polar surface area (TPSA) is 42.4 Å². The summed E-state index contributed by atoms with van der Waals surface area (Å²) in [7, 11) is 0. The second kappa shape index (κ2) is 5.84. The van der Waals surface area contributed by atoms with Crippen LogP contribution in [-0.4, -0.2) is 10.1 Å². The van der Waals surface area contributed by atoms with Gasteiger partial charge in [0.15, 0.2) is 0 Å². The van der Waals surface area contributed by atoms with Gasteiger partial charge in [-0.2, -0.15) is 0 Å². The van der Waals surface area contributed by atoms with Gasteiger partial charge in [0.05, 0.1) is 11.1 Å². The number of nitrogens with zero attached hydrogens (tertiary/aromatic N) is 1. The maximum absolute atomic E-state index is 9.40. The number of fused-ring (bicyclic) bond motifs is 1. The summed E-state index contributed by atoms with van der Waals surface area (Å²) in [4.78, 5) is 4.33. The first-order valence-electron chi connectivity index (χ1n) is 6.60. The van der Waals surface area contributed by atoms with Gasteiger partial charge in [-0.05, 0) is 52.0 Å². The molecule has 1 aromatic heterocycles. The summed E-state index contributed by atoms with van der Waals surface area (Å²) in [5, 5.41) is 11.2. The van der Waals surface area contributed by atoms with Crippen molar-refractivity contribution in [3.63, 3.8) is 0 Å². The Kier molecular flexibility index (Phi) is 3.90. The van der Waals surface area contributed by atoms with E-state index < -0.39 is 0 Å². The Morgan fingerprint density at radius 2 is 1.90 bits per heavy atom. The van der Waals surface area contributed by atoms with E-state index in [4.69, 9.17) is 4.74 Å². The maximum atomic E-state index is 9.40. The lowest BCUT2D eigenvalue weighted by atomic mass is 10.1. The van der Waals surface area contributed by atoms with Gasteiger partial charge >= 0.3 is 0 Å². The van der Waals surface area contributed by atoms with Crippen molar-refractivity contribution in [1.29, 1.82) is 0 Å². The molecule has 106 valence electrons. The average Bonchev–Trinajstić information content (AvgIpc) is 2.50. The Bertz CT molecular complexity index is 802. The number of aliphatic hydroxyl groups excluding tert-OH is 1. The van der Waals surface area contributed by atoms with Crippen LogP contribution in [0.15, 0.2) is 53.1 Å². The van der Waals surface area contributed by atoms with Gasteiger partial charge in [0.25, 0.3) is 0 Å². The van der Waals surface area contributed by atoms with Crippen molar-refractivity contribution < 1.29 is 9.84 Å². The Hall–Kier alpha value is -1.91. The number of halogens is 1. The van der Waals surface area contributed by atoms with Crippen LogP contribution in [0.2, 0.25) is 0 Å². The van der Waals surface area contributed by atoms with Crippen LogP contribution < -0.4 is 4.74 Å². The van der Waals surface area contributed by atoms with Crippen LogP contribution in [0.3, 0.4) is 0 Å². The molecule has 0 saturated heterocycles. The van der Waals surface area contributed by atoms with Gasteiger partial charge in [-0.15, -0.1) is 0 Å². The van der Waals surface area contributed by atoms with Crippen molar-refractivity contribution >= 4 is 26.7 Å². The zero-order valence-electron chi connectivity index (χ0n) is 11.5. The molecule has 0 aliphatic heterocycles. The highest BCUT2D eigenvalue weighted by Gasteiger charge is 2.10. The molecule has 0 saturated carbocycles. The number of aliphatic hydroxyl groups is 1. The Balaban J connectivity index is 2.09. The van der Waals surface area contributed by atoms with Crippen molar-refractivity contribution in [2.75, 3.05) is 0 Å². The van der Waals surface area contributed by atoms with Crippen molar-refractivity contribution in [2.24, 2.45) is 0 Å². The average molecular weight is 344 g/mol. The minimum absolute atomic E-state index is 0.0397. The molecule has 0 fully saturated rings. The molecule has 0 radical (unpaired) electrons. The highest BCUT2D eigenvalue weighted by Crippen LogP contribution is 2.33. The van der Waals surface area contributed by atoms with E-state index in [0.717, 1.165) is 32.1 Å². The van der Waals surface area contributed by atoms with Gasteiger partial charge in [0, 0.05) is 17.1 Å². The molecular formula is C17H14BrNO2. The molecule has 0 aliphatic carbocycles. The summed E-state index contributed by atoms with van der Waals surface area (Å²) < 4.78 is 6.83. The number of ether oxygens (including phenoxy) is 1. The van der Waals surface area contributed by atoms with E-state index in [9.17, 15) is 5.11 Å². The lowest BCUT2D eigenvalue weighted by molar-refractivity contribution is 0.282. The summed E-state index contributed by atoms with van der Waals surface area (Å²) >= 11 is 3.50. The van der Waals surface area contributed by atoms with Crippen LogP contribution in [0, 0.1) is 6.92 Å². The van der Waals surface area contributed by atoms with Gasteiger partial charge in [0.2, 0.25) is 5.88 Å². The van der Waals surface area contributed by atoms with Crippen LogP contribution in [-0.2, 0) is 6.61 Å². The molecule has 2 aromatic carbocycles. The Morgan fingerprint density at radius 1 is 1.14 bits per heavy atom. The monoisotopic (exact) mass is 343 g/mol. The molecule has 3 aromatic rings. The number of aryl methyl sites for hydroxylation is 1. The summed E-state index contributed by atoms with van der Waals surface area (Å²) in [5.74, 6) is 1.25. The number of rotatable bonds is 3. The summed E-state index contributed by atoms with van der Waals surface area (Å²) in [6.45, 7) is 1.99. The van der Waals surface area contributed by atoms with E-state index in [1.165, 1.54) is 0 Å². The van der Waals surface area contributed by atoms with E-state index in [1.807, 2.05) is 49.4 Å². The third-order valence-corrected chi connectivity index (χ3v) is 3.93. The van der Waals surface area contributed by atoms with Crippen LogP contribution >= 0.6 is 15.9 Å². The molecule has 4 heteroatoms. The lowest BCUT2D eigenvalue weighted by Gasteiger charge is -2.11. The molecular weight excluding hydrogens is 330 g/mol. The van der Waals surface area contributed by atoms with E-state index in [1.54, 1.807) is 6.20 Å². The quantitative estimate of drug-likeness (QED) is 0.756. The summed E-state index contributed by atoms with van der Waals surface area (Å²) in [5.41, 5.74) is 1.95. The van der Waals surface area contributed by atoms with E-state index >= 15 is 0 Å². The standard InChI is InChI=1S/C17H14BrNO2/c1-11-6-7-16(15(18)8-11)21-17-14-5-3-2-4-13(14)12(10-20)9-19-17/h2-9,20H,10H2,1H3. The van der Waals surface area contributed by atoms with E-state index in [-0.39, 0.29) is 6.61 Å². The first-order chi connectivity index (χ1) is 10.2. The van der Waals surface area contributed by atoms with Crippen molar-refractivity contribution in [1.82, 2.24) is 4.98 Å². The predicted molar refractivity (Wildman–Crippen MR) is 86.6 cm³/mol. The van der Waals surface area contributed by atoms with Crippen LogP contribution in [0.25, 0.3) is 10.8 Å². The van der Waals surface area contributed by atoms with Crippen LogP contribution in [0.4, 0.5) is 0 Å². The number of hydrogen-bond acceptors (Lipinski definition) is 3. The summed E-state index contributed by atoms with van der Waals surface area (Å²) in [6, 6.07) is 13.7. The fourth-order valence-electron chi connectivity index (χ4n) is 2.23. The highest BCUT2D eigenvalue weighted by atomic mass is 79.9. The zero-order chi connectivity index (χ0) is 14.8. The molecule has 0 atom stereocenters. The normalized spacial score (nSPS) is 10.8. The third kappa shape index (κ3) is 2.77. The third-order valence-electron chi connectivity index (χ3n) is 3.31.